The SMILES string of the molecule is COc1ccc(OC)c(-n2nnc(CN)c2-c2ccccc2)c1. The van der Waals surface area contributed by atoms with Crippen LogP contribution >= 0.6 is 0 Å². The van der Waals surface area contributed by atoms with Crippen LogP contribution in [0.4, 0.5) is 0 Å². The molecule has 0 unspecified atom stereocenters. The molecule has 3 aromatic rings. The maximum Gasteiger partial charge on any atom is 0.144 e. The molecule has 0 radical (unpaired) electrons. The van der Waals surface area contributed by atoms with Gasteiger partial charge in [-0.2, -0.15) is 0 Å². The molecule has 118 valence electrons. The summed E-state index contributed by atoms with van der Waals surface area (Å²) in [7, 11) is 3.24. The molecule has 0 fully saturated rings. The average molecular weight is 310 g/mol. The summed E-state index contributed by atoms with van der Waals surface area (Å²) in [4.78, 5) is 0. The van der Waals surface area contributed by atoms with E-state index in [2.05, 4.69) is 10.3 Å². The molecular formula is C17H18N4O2. The summed E-state index contributed by atoms with van der Waals surface area (Å²) >= 11 is 0. The topological polar surface area (TPSA) is 75.2 Å². The lowest BCUT2D eigenvalue weighted by atomic mass is 10.1. The number of benzene rings is 2. The van der Waals surface area contributed by atoms with Gasteiger partial charge in [-0.3, -0.25) is 0 Å². The molecule has 0 aliphatic rings. The molecule has 1 heterocycles. The highest BCUT2D eigenvalue weighted by atomic mass is 16.5. The summed E-state index contributed by atoms with van der Waals surface area (Å²) in [6.07, 6.45) is 0. The van der Waals surface area contributed by atoms with E-state index >= 15 is 0 Å². The van der Waals surface area contributed by atoms with Crippen molar-refractivity contribution in [1.82, 2.24) is 15.0 Å². The standard InChI is InChI=1S/C17H18N4O2/c1-22-13-8-9-16(23-2)15(10-13)21-17(14(11-18)19-20-21)12-6-4-3-5-7-12/h3-10H,11,18H2,1-2H3. The Morgan fingerprint density at radius 1 is 1.04 bits per heavy atom. The molecule has 0 saturated heterocycles. The van der Waals surface area contributed by atoms with Gasteiger partial charge in [-0.05, 0) is 12.1 Å². The second-order valence-corrected chi connectivity index (χ2v) is 4.90. The quantitative estimate of drug-likeness (QED) is 0.783. The van der Waals surface area contributed by atoms with Gasteiger partial charge in [-0.15, -0.1) is 5.10 Å². The number of nitrogens with zero attached hydrogens (tertiary/aromatic N) is 3. The van der Waals surface area contributed by atoms with E-state index in [0.717, 1.165) is 22.6 Å². The van der Waals surface area contributed by atoms with Crippen LogP contribution in [-0.4, -0.2) is 29.2 Å². The fraction of sp³-hybridized carbons (Fsp3) is 0.176. The Kier molecular flexibility index (Phi) is 4.25. The Morgan fingerprint density at radius 2 is 1.83 bits per heavy atom. The van der Waals surface area contributed by atoms with Gasteiger partial charge < -0.3 is 15.2 Å². The molecule has 0 spiro atoms. The minimum atomic E-state index is 0.302. The first-order valence-electron chi connectivity index (χ1n) is 7.21. The van der Waals surface area contributed by atoms with Gasteiger partial charge in [0.25, 0.3) is 0 Å². The van der Waals surface area contributed by atoms with Gasteiger partial charge in [-0.1, -0.05) is 35.5 Å². The predicted octanol–water partition coefficient (Wildman–Crippen LogP) is 2.41. The Bertz CT molecular complexity index is 800. The summed E-state index contributed by atoms with van der Waals surface area (Å²) in [5.74, 6) is 1.39. The number of hydrogen-bond acceptors (Lipinski definition) is 5. The van der Waals surface area contributed by atoms with Crippen LogP contribution in [0.1, 0.15) is 5.69 Å². The monoisotopic (exact) mass is 310 g/mol. The minimum absolute atomic E-state index is 0.302. The lowest BCUT2D eigenvalue weighted by Crippen LogP contribution is -2.04. The van der Waals surface area contributed by atoms with Gasteiger partial charge >= 0.3 is 0 Å². The van der Waals surface area contributed by atoms with E-state index in [4.69, 9.17) is 15.2 Å². The van der Waals surface area contributed by atoms with Gasteiger partial charge in [0.15, 0.2) is 0 Å². The maximum atomic E-state index is 5.83. The van der Waals surface area contributed by atoms with Crippen LogP contribution in [0.15, 0.2) is 48.5 Å². The molecule has 23 heavy (non-hydrogen) atoms. The molecular weight excluding hydrogens is 292 g/mol. The lowest BCUT2D eigenvalue weighted by Gasteiger charge is -2.13. The molecule has 3 rings (SSSR count). The zero-order valence-electron chi connectivity index (χ0n) is 13.1. The Hall–Kier alpha value is -2.86. The first kappa shape index (κ1) is 15.1. The highest BCUT2D eigenvalue weighted by Gasteiger charge is 2.18. The number of hydrogen-bond donors (Lipinski definition) is 1. The van der Waals surface area contributed by atoms with Gasteiger partial charge in [0.1, 0.15) is 22.9 Å². The lowest BCUT2D eigenvalue weighted by molar-refractivity contribution is 0.400. The van der Waals surface area contributed by atoms with Gasteiger partial charge in [-0.25, -0.2) is 4.68 Å². The van der Waals surface area contributed by atoms with Crippen molar-refractivity contribution in [2.24, 2.45) is 5.73 Å². The zero-order valence-corrected chi connectivity index (χ0v) is 13.1. The zero-order chi connectivity index (χ0) is 16.2. The number of rotatable bonds is 5. The van der Waals surface area contributed by atoms with E-state index in [9.17, 15) is 0 Å². The Morgan fingerprint density at radius 3 is 2.48 bits per heavy atom. The molecule has 0 aliphatic carbocycles. The van der Waals surface area contributed by atoms with Crippen LogP contribution in [0.3, 0.4) is 0 Å². The fourth-order valence-corrected chi connectivity index (χ4v) is 2.47. The molecule has 2 aromatic carbocycles. The van der Waals surface area contributed by atoms with E-state index < -0.39 is 0 Å². The molecule has 0 atom stereocenters. The third kappa shape index (κ3) is 2.76. The van der Waals surface area contributed by atoms with Crippen molar-refractivity contribution >= 4 is 0 Å². The Balaban J connectivity index is 2.24. The predicted molar refractivity (Wildman–Crippen MR) is 87.8 cm³/mol. The van der Waals surface area contributed by atoms with Crippen molar-refractivity contribution in [3.05, 3.63) is 54.2 Å². The molecule has 6 heteroatoms. The highest BCUT2D eigenvalue weighted by molar-refractivity contribution is 5.66. The molecule has 6 nitrogen and oxygen atoms in total. The van der Waals surface area contributed by atoms with Crippen molar-refractivity contribution in [3.63, 3.8) is 0 Å². The average Bonchev–Trinajstić information content (AvgIpc) is 3.05. The van der Waals surface area contributed by atoms with Crippen LogP contribution < -0.4 is 15.2 Å². The number of methoxy groups -OCH3 is 2. The van der Waals surface area contributed by atoms with Crippen LogP contribution in [0, 0.1) is 0 Å². The summed E-state index contributed by atoms with van der Waals surface area (Å²) in [5.41, 5.74) is 9.14. The van der Waals surface area contributed by atoms with Crippen molar-refractivity contribution in [1.29, 1.82) is 0 Å². The van der Waals surface area contributed by atoms with Crippen LogP contribution in [-0.2, 0) is 6.54 Å². The first-order chi connectivity index (χ1) is 11.3. The summed E-state index contributed by atoms with van der Waals surface area (Å²) in [6, 6.07) is 15.4. The summed E-state index contributed by atoms with van der Waals surface area (Å²) in [6.45, 7) is 0.302. The van der Waals surface area contributed by atoms with Crippen molar-refractivity contribution < 1.29 is 9.47 Å². The smallest absolute Gasteiger partial charge is 0.144 e. The van der Waals surface area contributed by atoms with E-state index in [-0.39, 0.29) is 0 Å². The normalized spacial score (nSPS) is 10.6. The van der Waals surface area contributed by atoms with Gasteiger partial charge in [0.05, 0.1) is 19.9 Å². The minimum Gasteiger partial charge on any atom is -0.497 e. The first-order valence-corrected chi connectivity index (χ1v) is 7.21. The van der Waals surface area contributed by atoms with E-state index in [1.54, 1.807) is 18.9 Å². The van der Waals surface area contributed by atoms with E-state index in [1.165, 1.54) is 0 Å². The number of nitrogens with two attached hydrogens (primary N) is 1. The maximum absolute atomic E-state index is 5.83. The van der Waals surface area contributed by atoms with Gasteiger partial charge in [0, 0.05) is 18.2 Å². The molecule has 0 bridgehead atoms. The third-order valence-electron chi connectivity index (χ3n) is 3.59. The molecule has 0 saturated carbocycles. The summed E-state index contributed by atoms with van der Waals surface area (Å²) < 4.78 is 12.5. The molecule has 2 N–H and O–H groups in total. The van der Waals surface area contributed by atoms with Crippen LogP contribution in [0.5, 0.6) is 11.5 Å². The van der Waals surface area contributed by atoms with E-state index in [1.807, 2.05) is 48.5 Å². The second-order valence-electron chi connectivity index (χ2n) is 4.90. The number of aromatic nitrogens is 3. The molecule has 0 aliphatic heterocycles. The largest absolute Gasteiger partial charge is 0.497 e. The fourth-order valence-electron chi connectivity index (χ4n) is 2.47. The highest BCUT2D eigenvalue weighted by Crippen LogP contribution is 2.32. The van der Waals surface area contributed by atoms with Crippen molar-refractivity contribution in [2.75, 3.05) is 14.2 Å². The van der Waals surface area contributed by atoms with Crippen LogP contribution in [0.2, 0.25) is 0 Å². The van der Waals surface area contributed by atoms with Crippen LogP contribution in [0.25, 0.3) is 16.9 Å². The second kappa shape index (κ2) is 6.50. The van der Waals surface area contributed by atoms with E-state index in [0.29, 0.717) is 18.0 Å². The van der Waals surface area contributed by atoms with Crippen molar-refractivity contribution in [3.8, 4) is 28.4 Å². The molecule has 1 aromatic heterocycles. The Labute approximate surface area is 134 Å². The van der Waals surface area contributed by atoms with Crippen molar-refractivity contribution in [2.45, 2.75) is 6.54 Å². The number of ether oxygens (including phenoxy) is 2. The summed E-state index contributed by atoms with van der Waals surface area (Å²) in [5, 5.41) is 8.48. The van der Waals surface area contributed by atoms with Gasteiger partial charge in [0.2, 0.25) is 0 Å². The third-order valence-corrected chi connectivity index (χ3v) is 3.59. The molecule has 0 amide bonds.